The first-order valence-electron chi connectivity index (χ1n) is 7.40. The summed E-state index contributed by atoms with van der Waals surface area (Å²) in [4.78, 5) is 1.24. The van der Waals surface area contributed by atoms with Gasteiger partial charge in [-0.1, -0.05) is 26.2 Å². The molecule has 0 amide bonds. The number of aliphatic hydroxyl groups is 1. The molecule has 20 heavy (non-hydrogen) atoms. The minimum atomic E-state index is -0.457. The van der Waals surface area contributed by atoms with E-state index in [-0.39, 0.29) is 0 Å². The minimum Gasteiger partial charge on any atom is -0.389 e. The maximum absolute atomic E-state index is 9.82. The molecule has 0 aliphatic rings. The number of aliphatic hydroxyl groups excluding tert-OH is 1. The van der Waals surface area contributed by atoms with Crippen molar-refractivity contribution in [3.63, 3.8) is 0 Å². The Kier molecular flexibility index (Phi) is 9.54. The summed E-state index contributed by atoms with van der Waals surface area (Å²) in [6, 6.07) is 8.21. The Morgan fingerprint density at radius 2 is 1.95 bits per heavy atom. The zero-order chi connectivity index (χ0) is 14.6. The van der Waals surface area contributed by atoms with Gasteiger partial charge in [0, 0.05) is 23.7 Å². The van der Waals surface area contributed by atoms with E-state index in [1.807, 2.05) is 12.1 Å². The van der Waals surface area contributed by atoms with E-state index in [1.165, 1.54) is 24.2 Å². The molecule has 3 nitrogen and oxygen atoms in total. The second-order valence-electron chi connectivity index (χ2n) is 4.90. The molecule has 0 bridgehead atoms. The third-order valence-corrected chi connectivity index (χ3v) is 3.83. The summed E-state index contributed by atoms with van der Waals surface area (Å²) < 4.78 is 5.47. The third kappa shape index (κ3) is 7.78. The fourth-order valence-corrected chi connectivity index (χ4v) is 2.26. The van der Waals surface area contributed by atoms with Crippen LogP contribution in [0.2, 0.25) is 0 Å². The SMILES string of the molecule is CCCCCCOCC(O)CNc1ccc(SC)cc1. The number of thioether (sulfide) groups is 1. The quantitative estimate of drug-likeness (QED) is 0.482. The standard InChI is InChI=1S/C16H27NO2S/c1-3-4-5-6-11-19-13-15(18)12-17-14-7-9-16(20-2)10-8-14/h7-10,15,17-18H,3-6,11-13H2,1-2H3. The summed E-state index contributed by atoms with van der Waals surface area (Å²) in [6.45, 7) is 3.87. The van der Waals surface area contributed by atoms with Crippen molar-refractivity contribution in [3.8, 4) is 0 Å². The average Bonchev–Trinajstić information content (AvgIpc) is 2.49. The zero-order valence-electron chi connectivity index (χ0n) is 12.6. The molecule has 1 atom stereocenters. The number of hydrogen-bond donors (Lipinski definition) is 2. The van der Waals surface area contributed by atoms with E-state index in [2.05, 4.69) is 30.6 Å². The monoisotopic (exact) mass is 297 g/mol. The number of anilines is 1. The number of hydrogen-bond acceptors (Lipinski definition) is 4. The molecule has 4 heteroatoms. The molecule has 0 aliphatic carbocycles. The Morgan fingerprint density at radius 1 is 1.20 bits per heavy atom. The Balaban J connectivity index is 2.08. The lowest BCUT2D eigenvalue weighted by molar-refractivity contribution is 0.0417. The summed E-state index contributed by atoms with van der Waals surface area (Å²) in [5.41, 5.74) is 1.03. The first kappa shape index (κ1) is 17.3. The van der Waals surface area contributed by atoms with Crippen LogP contribution in [0.1, 0.15) is 32.6 Å². The topological polar surface area (TPSA) is 41.5 Å². The summed E-state index contributed by atoms with van der Waals surface area (Å²) in [5, 5.41) is 13.0. The summed E-state index contributed by atoms with van der Waals surface area (Å²) in [7, 11) is 0. The molecule has 0 fully saturated rings. The summed E-state index contributed by atoms with van der Waals surface area (Å²) in [6.07, 6.45) is 6.41. The van der Waals surface area contributed by atoms with Crippen LogP contribution in [0, 0.1) is 0 Å². The van der Waals surface area contributed by atoms with Crippen LogP contribution in [0.4, 0.5) is 5.69 Å². The number of benzene rings is 1. The Morgan fingerprint density at radius 3 is 2.60 bits per heavy atom. The molecule has 1 aromatic rings. The van der Waals surface area contributed by atoms with Crippen LogP contribution in [-0.2, 0) is 4.74 Å². The molecule has 0 aliphatic heterocycles. The normalized spacial score (nSPS) is 12.3. The van der Waals surface area contributed by atoms with Crippen molar-refractivity contribution in [2.24, 2.45) is 0 Å². The Bertz CT molecular complexity index is 343. The first-order chi connectivity index (χ1) is 9.76. The largest absolute Gasteiger partial charge is 0.389 e. The van der Waals surface area contributed by atoms with Gasteiger partial charge in [-0.3, -0.25) is 0 Å². The predicted octanol–water partition coefficient (Wildman–Crippen LogP) is 3.78. The van der Waals surface area contributed by atoms with Gasteiger partial charge in [0.1, 0.15) is 0 Å². The fourth-order valence-electron chi connectivity index (χ4n) is 1.85. The zero-order valence-corrected chi connectivity index (χ0v) is 13.4. The Labute approximate surface area is 127 Å². The van der Waals surface area contributed by atoms with Crippen LogP contribution in [-0.4, -0.2) is 37.2 Å². The van der Waals surface area contributed by atoms with Crippen molar-refractivity contribution in [1.82, 2.24) is 0 Å². The first-order valence-corrected chi connectivity index (χ1v) is 8.62. The van der Waals surface area contributed by atoms with Crippen molar-refractivity contribution >= 4 is 17.4 Å². The third-order valence-electron chi connectivity index (χ3n) is 3.08. The van der Waals surface area contributed by atoms with Gasteiger partial charge in [0.05, 0.1) is 12.7 Å². The summed E-state index contributed by atoms with van der Waals surface area (Å²) in [5.74, 6) is 0. The molecule has 0 aromatic heterocycles. The molecule has 114 valence electrons. The molecule has 0 heterocycles. The van der Waals surface area contributed by atoms with E-state index in [9.17, 15) is 5.11 Å². The highest BCUT2D eigenvalue weighted by Crippen LogP contribution is 2.17. The Hall–Kier alpha value is -0.710. The number of nitrogens with one attached hydrogen (secondary N) is 1. The van der Waals surface area contributed by atoms with Gasteiger partial charge in [-0.2, -0.15) is 0 Å². The maximum Gasteiger partial charge on any atom is 0.0945 e. The second-order valence-corrected chi connectivity index (χ2v) is 5.78. The van der Waals surface area contributed by atoms with Gasteiger partial charge in [0.15, 0.2) is 0 Å². The highest BCUT2D eigenvalue weighted by molar-refractivity contribution is 7.98. The molecule has 0 radical (unpaired) electrons. The highest BCUT2D eigenvalue weighted by Gasteiger charge is 2.04. The molecule has 1 aromatic carbocycles. The summed E-state index contributed by atoms with van der Waals surface area (Å²) >= 11 is 1.72. The van der Waals surface area contributed by atoms with Gasteiger partial charge < -0.3 is 15.2 Å². The van der Waals surface area contributed by atoms with Gasteiger partial charge >= 0.3 is 0 Å². The van der Waals surface area contributed by atoms with Gasteiger partial charge in [0.2, 0.25) is 0 Å². The fraction of sp³-hybridized carbons (Fsp3) is 0.625. The predicted molar refractivity (Wildman–Crippen MR) is 87.7 cm³/mol. The van der Waals surface area contributed by atoms with E-state index >= 15 is 0 Å². The number of unbranched alkanes of at least 4 members (excludes halogenated alkanes) is 3. The van der Waals surface area contributed by atoms with Crippen LogP contribution in [0.25, 0.3) is 0 Å². The van der Waals surface area contributed by atoms with Crippen molar-refractivity contribution in [2.75, 3.05) is 31.3 Å². The van der Waals surface area contributed by atoms with Crippen LogP contribution >= 0.6 is 11.8 Å². The van der Waals surface area contributed by atoms with E-state index < -0.39 is 6.10 Å². The maximum atomic E-state index is 9.82. The van der Waals surface area contributed by atoms with E-state index in [4.69, 9.17) is 4.74 Å². The van der Waals surface area contributed by atoms with Crippen molar-refractivity contribution in [2.45, 2.75) is 43.6 Å². The molecule has 1 rings (SSSR count). The molecule has 0 saturated heterocycles. The smallest absolute Gasteiger partial charge is 0.0945 e. The lowest BCUT2D eigenvalue weighted by Crippen LogP contribution is -2.25. The van der Waals surface area contributed by atoms with Gasteiger partial charge in [-0.25, -0.2) is 0 Å². The molecule has 0 spiro atoms. The van der Waals surface area contributed by atoms with Crippen molar-refractivity contribution in [1.29, 1.82) is 0 Å². The van der Waals surface area contributed by atoms with Gasteiger partial charge in [0.25, 0.3) is 0 Å². The second kappa shape index (κ2) is 11.0. The van der Waals surface area contributed by atoms with Gasteiger partial charge in [-0.05, 0) is 36.9 Å². The van der Waals surface area contributed by atoms with Crippen molar-refractivity contribution < 1.29 is 9.84 Å². The average molecular weight is 297 g/mol. The number of ether oxygens (including phenoxy) is 1. The number of rotatable bonds is 11. The highest BCUT2D eigenvalue weighted by atomic mass is 32.2. The van der Waals surface area contributed by atoms with Gasteiger partial charge in [-0.15, -0.1) is 11.8 Å². The van der Waals surface area contributed by atoms with Crippen LogP contribution in [0.15, 0.2) is 29.2 Å². The van der Waals surface area contributed by atoms with E-state index in [1.54, 1.807) is 11.8 Å². The lowest BCUT2D eigenvalue weighted by atomic mass is 10.2. The van der Waals surface area contributed by atoms with Crippen LogP contribution in [0.5, 0.6) is 0 Å². The van der Waals surface area contributed by atoms with E-state index in [0.717, 1.165) is 18.7 Å². The molecular formula is C16H27NO2S. The molecular weight excluding hydrogens is 270 g/mol. The van der Waals surface area contributed by atoms with Crippen LogP contribution < -0.4 is 5.32 Å². The van der Waals surface area contributed by atoms with Crippen LogP contribution in [0.3, 0.4) is 0 Å². The molecule has 0 saturated carbocycles. The molecule has 2 N–H and O–H groups in total. The minimum absolute atomic E-state index is 0.405. The molecule has 1 unspecified atom stereocenters. The van der Waals surface area contributed by atoms with E-state index in [0.29, 0.717) is 13.2 Å². The van der Waals surface area contributed by atoms with Crippen molar-refractivity contribution in [3.05, 3.63) is 24.3 Å². The lowest BCUT2D eigenvalue weighted by Gasteiger charge is -2.13.